The Kier molecular flexibility index (Phi) is 5.63. The lowest BCUT2D eigenvalue weighted by Gasteiger charge is -2.39. The molecule has 2 aliphatic rings. The van der Waals surface area contributed by atoms with E-state index < -0.39 is 29.7 Å². The van der Waals surface area contributed by atoms with Crippen LogP contribution >= 0.6 is 0 Å². The monoisotopic (exact) mass is 388 g/mol. The molecule has 2 heterocycles. The SMILES string of the molecule is CC(C)(C)OC(=O)N1CCC[C@@H]1C(=O)N1Cc2ccccc2C[C@@H]1CC(=O)O. The van der Waals surface area contributed by atoms with Crippen LogP contribution in [0.4, 0.5) is 4.79 Å². The standard InChI is InChI=1S/C21H28N2O5/c1-21(2,3)28-20(27)22-10-6-9-17(22)19(26)23-13-15-8-5-4-7-14(15)11-16(23)12-18(24)25/h4-5,7-8,16-17H,6,9-13H2,1-3H3,(H,24,25)/t16-,17-/m1/s1. The fraction of sp³-hybridized carbons (Fsp3) is 0.571. The molecule has 1 saturated heterocycles. The van der Waals surface area contributed by atoms with Gasteiger partial charge >= 0.3 is 12.1 Å². The first-order chi connectivity index (χ1) is 13.2. The average molecular weight is 388 g/mol. The third kappa shape index (κ3) is 4.46. The summed E-state index contributed by atoms with van der Waals surface area (Å²) in [6.45, 7) is 6.22. The summed E-state index contributed by atoms with van der Waals surface area (Å²) < 4.78 is 5.46. The molecule has 1 aromatic rings. The molecule has 0 bridgehead atoms. The minimum Gasteiger partial charge on any atom is -0.481 e. The number of amides is 2. The van der Waals surface area contributed by atoms with Gasteiger partial charge in [-0.2, -0.15) is 0 Å². The van der Waals surface area contributed by atoms with Crippen LogP contribution in [0, 0.1) is 0 Å². The summed E-state index contributed by atoms with van der Waals surface area (Å²) in [5, 5.41) is 9.32. The molecule has 1 N–H and O–H groups in total. The van der Waals surface area contributed by atoms with Crippen LogP contribution in [0.1, 0.15) is 51.2 Å². The van der Waals surface area contributed by atoms with Gasteiger partial charge in [-0.1, -0.05) is 24.3 Å². The minimum absolute atomic E-state index is 0.112. The van der Waals surface area contributed by atoms with Crippen molar-refractivity contribution >= 4 is 18.0 Å². The zero-order chi connectivity index (χ0) is 20.5. The Morgan fingerprint density at radius 1 is 1.14 bits per heavy atom. The normalized spacial score (nSPS) is 22.0. The highest BCUT2D eigenvalue weighted by Crippen LogP contribution is 2.29. The number of hydrogen-bond donors (Lipinski definition) is 1. The van der Waals surface area contributed by atoms with Crippen molar-refractivity contribution < 1.29 is 24.2 Å². The van der Waals surface area contributed by atoms with Gasteiger partial charge in [0.05, 0.1) is 6.42 Å². The summed E-state index contributed by atoms with van der Waals surface area (Å²) in [5.41, 5.74) is 1.47. The first-order valence-corrected chi connectivity index (χ1v) is 9.74. The molecule has 0 aliphatic carbocycles. The molecule has 28 heavy (non-hydrogen) atoms. The first kappa shape index (κ1) is 20.2. The Bertz CT molecular complexity index is 770. The Labute approximate surface area is 165 Å². The number of rotatable bonds is 3. The molecular weight excluding hydrogens is 360 g/mol. The van der Waals surface area contributed by atoms with Crippen molar-refractivity contribution in [2.75, 3.05) is 6.54 Å². The van der Waals surface area contributed by atoms with Crippen molar-refractivity contribution in [3.05, 3.63) is 35.4 Å². The number of nitrogens with zero attached hydrogens (tertiary/aromatic N) is 2. The van der Waals surface area contributed by atoms with Crippen molar-refractivity contribution in [2.24, 2.45) is 0 Å². The number of carboxylic acids is 1. The van der Waals surface area contributed by atoms with E-state index in [9.17, 15) is 19.5 Å². The molecule has 0 unspecified atom stereocenters. The van der Waals surface area contributed by atoms with E-state index in [1.165, 1.54) is 4.90 Å². The highest BCUT2D eigenvalue weighted by atomic mass is 16.6. The van der Waals surface area contributed by atoms with Crippen LogP contribution in [0.5, 0.6) is 0 Å². The van der Waals surface area contributed by atoms with E-state index in [0.29, 0.717) is 25.9 Å². The lowest BCUT2D eigenvalue weighted by molar-refractivity contribution is -0.144. The van der Waals surface area contributed by atoms with Crippen molar-refractivity contribution in [3.8, 4) is 0 Å². The number of aliphatic carboxylic acids is 1. The van der Waals surface area contributed by atoms with E-state index in [4.69, 9.17) is 4.74 Å². The van der Waals surface area contributed by atoms with E-state index >= 15 is 0 Å². The molecular formula is C21H28N2O5. The molecule has 0 saturated carbocycles. The number of ether oxygens (including phenoxy) is 1. The predicted molar refractivity (Wildman–Crippen MR) is 103 cm³/mol. The topological polar surface area (TPSA) is 87.2 Å². The van der Waals surface area contributed by atoms with Gasteiger partial charge in [-0.3, -0.25) is 14.5 Å². The highest BCUT2D eigenvalue weighted by molar-refractivity contribution is 5.87. The summed E-state index contributed by atoms with van der Waals surface area (Å²) >= 11 is 0. The van der Waals surface area contributed by atoms with Crippen molar-refractivity contribution in [2.45, 2.75) is 70.7 Å². The average Bonchev–Trinajstić information content (AvgIpc) is 3.08. The van der Waals surface area contributed by atoms with Gasteiger partial charge in [0.15, 0.2) is 0 Å². The predicted octanol–water partition coefficient (Wildman–Crippen LogP) is 2.81. The number of likely N-dealkylation sites (tertiary alicyclic amines) is 1. The van der Waals surface area contributed by atoms with E-state index in [2.05, 4.69) is 0 Å². The van der Waals surface area contributed by atoms with E-state index in [-0.39, 0.29) is 12.3 Å². The van der Waals surface area contributed by atoms with Crippen LogP contribution in [-0.2, 0) is 27.3 Å². The van der Waals surface area contributed by atoms with E-state index in [1.54, 1.807) is 25.7 Å². The summed E-state index contributed by atoms with van der Waals surface area (Å²) in [4.78, 5) is 40.4. The second-order valence-electron chi connectivity index (χ2n) is 8.52. The molecule has 2 aliphatic heterocycles. The maximum absolute atomic E-state index is 13.4. The molecule has 152 valence electrons. The molecule has 2 amide bonds. The molecule has 0 aromatic heterocycles. The quantitative estimate of drug-likeness (QED) is 0.860. The summed E-state index contributed by atoms with van der Waals surface area (Å²) in [6.07, 6.45) is 1.20. The summed E-state index contributed by atoms with van der Waals surface area (Å²) in [7, 11) is 0. The van der Waals surface area contributed by atoms with Gasteiger partial charge in [-0.15, -0.1) is 0 Å². The zero-order valence-electron chi connectivity index (χ0n) is 16.7. The zero-order valence-corrected chi connectivity index (χ0v) is 16.7. The first-order valence-electron chi connectivity index (χ1n) is 9.74. The van der Waals surface area contributed by atoms with Gasteiger partial charge in [0.2, 0.25) is 5.91 Å². The third-order valence-electron chi connectivity index (χ3n) is 5.21. The third-order valence-corrected chi connectivity index (χ3v) is 5.21. The van der Waals surface area contributed by atoms with Crippen LogP contribution in [-0.4, -0.2) is 57.1 Å². The number of benzene rings is 1. The van der Waals surface area contributed by atoms with Crippen LogP contribution < -0.4 is 0 Å². The van der Waals surface area contributed by atoms with E-state index in [0.717, 1.165) is 17.5 Å². The highest BCUT2D eigenvalue weighted by Gasteiger charge is 2.41. The van der Waals surface area contributed by atoms with Crippen LogP contribution in [0.3, 0.4) is 0 Å². The summed E-state index contributed by atoms with van der Waals surface area (Å²) in [6, 6.07) is 6.77. The Morgan fingerprint density at radius 3 is 2.46 bits per heavy atom. The molecule has 2 atom stereocenters. The van der Waals surface area contributed by atoms with Gasteiger partial charge in [-0.05, 0) is 51.2 Å². The number of hydrogen-bond acceptors (Lipinski definition) is 4. The Balaban J connectivity index is 1.82. The maximum Gasteiger partial charge on any atom is 0.410 e. The van der Waals surface area contributed by atoms with E-state index in [1.807, 2.05) is 24.3 Å². The minimum atomic E-state index is -0.933. The summed E-state index contributed by atoms with van der Waals surface area (Å²) in [5.74, 6) is -1.12. The fourth-order valence-corrected chi connectivity index (χ4v) is 3.98. The Hall–Kier alpha value is -2.57. The van der Waals surface area contributed by atoms with Crippen LogP contribution in [0.25, 0.3) is 0 Å². The molecule has 7 heteroatoms. The van der Waals surface area contributed by atoms with Gasteiger partial charge in [0.1, 0.15) is 11.6 Å². The largest absolute Gasteiger partial charge is 0.481 e. The second-order valence-corrected chi connectivity index (χ2v) is 8.52. The molecule has 1 aromatic carbocycles. The fourth-order valence-electron chi connectivity index (χ4n) is 3.98. The lowest BCUT2D eigenvalue weighted by atomic mass is 9.91. The van der Waals surface area contributed by atoms with Crippen molar-refractivity contribution in [3.63, 3.8) is 0 Å². The second kappa shape index (κ2) is 7.81. The Morgan fingerprint density at radius 2 is 1.82 bits per heavy atom. The number of carbonyl (C=O) groups is 3. The van der Waals surface area contributed by atoms with Crippen molar-refractivity contribution in [1.29, 1.82) is 0 Å². The number of carbonyl (C=O) groups excluding carboxylic acids is 2. The number of carboxylic acid groups (broad SMARTS) is 1. The van der Waals surface area contributed by atoms with Crippen LogP contribution in [0.2, 0.25) is 0 Å². The van der Waals surface area contributed by atoms with Gasteiger partial charge < -0.3 is 14.7 Å². The maximum atomic E-state index is 13.4. The van der Waals surface area contributed by atoms with Crippen molar-refractivity contribution in [1.82, 2.24) is 9.80 Å². The smallest absolute Gasteiger partial charge is 0.410 e. The van der Waals surface area contributed by atoms with Gasteiger partial charge in [0.25, 0.3) is 0 Å². The van der Waals surface area contributed by atoms with Crippen LogP contribution in [0.15, 0.2) is 24.3 Å². The molecule has 0 radical (unpaired) electrons. The van der Waals surface area contributed by atoms with Gasteiger partial charge in [0, 0.05) is 19.1 Å². The molecule has 7 nitrogen and oxygen atoms in total. The molecule has 1 fully saturated rings. The molecule has 3 rings (SSSR count). The lowest BCUT2D eigenvalue weighted by Crippen LogP contribution is -2.53. The molecule has 0 spiro atoms. The van der Waals surface area contributed by atoms with Gasteiger partial charge in [-0.25, -0.2) is 4.79 Å². The number of fused-ring (bicyclic) bond motifs is 1.